The van der Waals surface area contributed by atoms with E-state index in [1.807, 2.05) is 31.2 Å². The molecule has 0 saturated carbocycles. The van der Waals surface area contributed by atoms with E-state index in [0.29, 0.717) is 5.75 Å². The van der Waals surface area contributed by atoms with Gasteiger partial charge in [-0.15, -0.1) is 0 Å². The van der Waals surface area contributed by atoms with Crippen LogP contribution < -0.4 is 0 Å². The molecule has 0 aromatic heterocycles. The predicted octanol–water partition coefficient (Wildman–Crippen LogP) is 3.58. The van der Waals surface area contributed by atoms with Crippen LogP contribution in [0.2, 0.25) is 0 Å². The second kappa shape index (κ2) is 3.18. The van der Waals surface area contributed by atoms with Gasteiger partial charge in [-0.05, 0) is 35.4 Å². The number of phenolic OH excluding ortho intramolecular Hbond substituents is 1. The van der Waals surface area contributed by atoms with Gasteiger partial charge in [0.25, 0.3) is 0 Å². The van der Waals surface area contributed by atoms with Crippen molar-refractivity contribution in [2.24, 2.45) is 0 Å². The zero-order valence-electron chi connectivity index (χ0n) is 8.12. The molecule has 0 amide bonds. The van der Waals surface area contributed by atoms with Crippen LogP contribution in [-0.4, -0.2) is 5.11 Å². The molecule has 0 unspecified atom stereocenters. The van der Waals surface area contributed by atoms with Crippen LogP contribution in [0.1, 0.15) is 12.5 Å². The molecule has 0 saturated heterocycles. The molecule has 0 heterocycles. The van der Waals surface area contributed by atoms with E-state index in [0.717, 1.165) is 21.9 Å². The second-order valence-corrected chi connectivity index (χ2v) is 3.49. The number of allylic oxidation sites excluding steroid dienone is 1. The fourth-order valence-corrected chi connectivity index (χ4v) is 1.64. The third-order valence-corrected chi connectivity index (χ3v) is 2.32. The molecule has 14 heavy (non-hydrogen) atoms. The number of phenols is 1. The number of benzene rings is 2. The fourth-order valence-electron chi connectivity index (χ4n) is 1.64. The van der Waals surface area contributed by atoms with Crippen molar-refractivity contribution >= 4 is 16.3 Å². The van der Waals surface area contributed by atoms with Gasteiger partial charge < -0.3 is 5.11 Å². The number of hydrogen-bond acceptors (Lipinski definition) is 1. The van der Waals surface area contributed by atoms with Gasteiger partial charge in [0.2, 0.25) is 0 Å². The predicted molar refractivity (Wildman–Crippen MR) is 60.3 cm³/mol. The normalized spacial score (nSPS) is 10.4. The average molecular weight is 184 g/mol. The van der Waals surface area contributed by atoms with Gasteiger partial charge in [0.15, 0.2) is 0 Å². The summed E-state index contributed by atoms with van der Waals surface area (Å²) in [5.74, 6) is 0.302. The summed E-state index contributed by atoms with van der Waals surface area (Å²) in [6.07, 6.45) is 0. The molecule has 1 N–H and O–H groups in total. The lowest BCUT2D eigenvalue weighted by Crippen LogP contribution is -1.81. The summed E-state index contributed by atoms with van der Waals surface area (Å²) < 4.78 is 0. The van der Waals surface area contributed by atoms with Gasteiger partial charge in [0, 0.05) is 0 Å². The van der Waals surface area contributed by atoms with Gasteiger partial charge in [-0.2, -0.15) is 0 Å². The molecular formula is C13H12O. The van der Waals surface area contributed by atoms with E-state index in [-0.39, 0.29) is 0 Å². The number of fused-ring (bicyclic) bond motifs is 1. The Balaban J connectivity index is 2.81. The van der Waals surface area contributed by atoms with E-state index in [4.69, 9.17) is 0 Å². The van der Waals surface area contributed by atoms with Crippen molar-refractivity contribution in [1.29, 1.82) is 0 Å². The van der Waals surface area contributed by atoms with Crippen LogP contribution in [0.4, 0.5) is 0 Å². The van der Waals surface area contributed by atoms with Gasteiger partial charge in [-0.25, -0.2) is 0 Å². The smallest absolute Gasteiger partial charge is 0.116 e. The van der Waals surface area contributed by atoms with Crippen molar-refractivity contribution in [3.63, 3.8) is 0 Å². The van der Waals surface area contributed by atoms with Crippen molar-refractivity contribution in [3.8, 4) is 5.75 Å². The first-order valence-corrected chi connectivity index (χ1v) is 4.56. The highest BCUT2D eigenvalue weighted by atomic mass is 16.3. The SMILES string of the molecule is C=C(C)c1cccc2cc(O)ccc12. The minimum atomic E-state index is 0.302. The Morgan fingerprint density at radius 2 is 2.00 bits per heavy atom. The van der Waals surface area contributed by atoms with Crippen LogP contribution in [0.25, 0.3) is 16.3 Å². The molecule has 2 rings (SSSR count). The lowest BCUT2D eigenvalue weighted by Gasteiger charge is -2.05. The van der Waals surface area contributed by atoms with E-state index < -0.39 is 0 Å². The molecule has 1 heteroatoms. The number of rotatable bonds is 1. The molecule has 2 aromatic carbocycles. The Kier molecular flexibility index (Phi) is 2.01. The average Bonchev–Trinajstić information content (AvgIpc) is 2.16. The molecule has 0 fully saturated rings. The van der Waals surface area contributed by atoms with Gasteiger partial charge in [-0.1, -0.05) is 36.4 Å². The Hall–Kier alpha value is -1.76. The molecule has 70 valence electrons. The summed E-state index contributed by atoms with van der Waals surface area (Å²) in [5.41, 5.74) is 2.18. The van der Waals surface area contributed by atoms with Crippen molar-refractivity contribution < 1.29 is 5.11 Å². The van der Waals surface area contributed by atoms with Crippen molar-refractivity contribution in [2.45, 2.75) is 6.92 Å². The molecule has 1 nitrogen and oxygen atoms in total. The van der Waals surface area contributed by atoms with Crippen LogP contribution in [-0.2, 0) is 0 Å². The van der Waals surface area contributed by atoms with Gasteiger partial charge >= 0.3 is 0 Å². The molecule has 0 atom stereocenters. The number of aromatic hydroxyl groups is 1. The molecule has 0 aliphatic carbocycles. The molecule has 0 bridgehead atoms. The first kappa shape index (κ1) is 8.82. The molecule has 0 aliphatic rings. The Morgan fingerprint density at radius 1 is 1.21 bits per heavy atom. The van der Waals surface area contributed by atoms with Crippen molar-refractivity contribution in [2.75, 3.05) is 0 Å². The lowest BCUT2D eigenvalue weighted by molar-refractivity contribution is 0.476. The zero-order chi connectivity index (χ0) is 10.1. The largest absolute Gasteiger partial charge is 0.508 e. The molecule has 2 aromatic rings. The summed E-state index contributed by atoms with van der Waals surface area (Å²) in [5, 5.41) is 11.5. The molecule has 0 aliphatic heterocycles. The summed E-state index contributed by atoms with van der Waals surface area (Å²) in [6, 6.07) is 11.4. The van der Waals surface area contributed by atoms with Gasteiger partial charge in [-0.3, -0.25) is 0 Å². The first-order valence-electron chi connectivity index (χ1n) is 4.56. The summed E-state index contributed by atoms with van der Waals surface area (Å²) in [4.78, 5) is 0. The van der Waals surface area contributed by atoms with Crippen LogP contribution >= 0.6 is 0 Å². The maximum Gasteiger partial charge on any atom is 0.116 e. The van der Waals surface area contributed by atoms with E-state index in [2.05, 4.69) is 6.58 Å². The topological polar surface area (TPSA) is 20.2 Å². The van der Waals surface area contributed by atoms with E-state index in [1.54, 1.807) is 12.1 Å². The van der Waals surface area contributed by atoms with Crippen LogP contribution in [0.3, 0.4) is 0 Å². The summed E-state index contributed by atoms with van der Waals surface area (Å²) in [6.45, 7) is 5.92. The number of hydrogen-bond donors (Lipinski definition) is 1. The standard InChI is InChI=1S/C13H12O/c1-9(2)12-5-3-4-10-8-11(14)6-7-13(10)12/h3-8,14H,1H2,2H3. The minimum absolute atomic E-state index is 0.302. The summed E-state index contributed by atoms with van der Waals surface area (Å²) >= 11 is 0. The summed E-state index contributed by atoms with van der Waals surface area (Å²) in [7, 11) is 0. The van der Waals surface area contributed by atoms with Crippen molar-refractivity contribution in [3.05, 3.63) is 48.5 Å². The van der Waals surface area contributed by atoms with Crippen molar-refractivity contribution in [1.82, 2.24) is 0 Å². The first-order chi connectivity index (χ1) is 6.68. The van der Waals surface area contributed by atoms with E-state index in [1.165, 1.54) is 0 Å². The maximum absolute atomic E-state index is 9.34. The maximum atomic E-state index is 9.34. The third kappa shape index (κ3) is 1.37. The molecule has 0 radical (unpaired) electrons. The minimum Gasteiger partial charge on any atom is -0.508 e. The Bertz CT molecular complexity index is 498. The van der Waals surface area contributed by atoms with Crippen LogP contribution in [0, 0.1) is 0 Å². The molecule has 0 spiro atoms. The monoisotopic (exact) mass is 184 g/mol. The highest BCUT2D eigenvalue weighted by Gasteiger charge is 2.01. The highest BCUT2D eigenvalue weighted by Crippen LogP contribution is 2.26. The van der Waals surface area contributed by atoms with Crippen LogP contribution in [0.5, 0.6) is 5.75 Å². The Morgan fingerprint density at radius 3 is 2.71 bits per heavy atom. The van der Waals surface area contributed by atoms with Crippen LogP contribution in [0.15, 0.2) is 43.0 Å². The second-order valence-electron chi connectivity index (χ2n) is 3.49. The molecular weight excluding hydrogens is 172 g/mol. The van der Waals surface area contributed by atoms with Gasteiger partial charge in [0.05, 0.1) is 0 Å². The lowest BCUT2D eigenvalue weighted by atomic mass is 10.00. The van der Waals surface area contributed by atoms with Gasteiger partial charge in [0.1, 0.15) is 5.75 Å². The van der Waals surface area contributed by atoms with E-state index in [9.17, 15) is 5.11 Å². The van der Waals surface area contributed by atoms with E-state index >= 15 is 0 Å². The quantitative estimate of drug-likeness (QED) is 0.718. The Labute approximate surface area is 83.3 Å². The fraction of sp³-hybridized carbons (Fsp3) is 0.0769. The third-order valence-electron chi connectivity index (χ3n) is 2.32. The highest BCUT2D eigenvalue weighted by molar-refractivity contribution is 5.93. The zero-order valence-corrected chi connectivity index (χ0v) is 8.12.